The van der Waals surface area contributed by atoms with Gasteiger partial charge < -0.3 is 15.0 Å². The fourth-order valence-electron chi connectivity index (χ4n) is 2.28. The highest BCUT2D eigenvalue weighted by atomic mass is 16.5. The Morgan fingerprint density at radius 2 is 2.12 bits per heavy atom. The highest BCUT2D eigenvalue weighted by molar-refractivity contribution is 5.82. The van der Waals surface area contributed by atoms with Crippen molar-refractivity contribution in [1.82, 2.24) is 4.57 Å². The molecule has 17 heavy (non-hydrogen) atoms. The average molecular weight is 232 g/mol. The Balaban J connectivity index is 2.47. The van der Waals surface area contributed by atoms with Crippen LogP contribution in [0.5, 0.6) is 5.75 Å². The van der Waals surface area contributed by atoms with Gasteiger partial charge in [0.2, 0.25) is 0 Å². The summed E-state index contributed by atoms with van der Waals surface area (Å²) in [5, 5.41) is 1.28. The molecule has 0 unspecified atom stereocenters. The zero-order valence-corrected chi connectivity index (χ0v) is 10.6. The van der Waals surface area contributed by atoms with Crippen molar-refractivity contribution in [2.75, 3.05) is 13.7 Å². The van der Waals surface area contributed by atoms with Crippen LogP contribution in [0.2, 0.25) is 0 Å². The third-order valence-electron chi connectivity index (χ3n) is 3.15. The molecule has 0 aliphatic carbocycles. The van der Waals surface area contributed by atoms with E-state index in [1.807, 2.05) is 6.07 Å². The molecule has 0 atom stereocenters. The van der Waals surface area contributed by atoms with E-state index in [2.05, 4.69) is 29.7 Å². The molecule has 0 saturated heterocycles. The standard InChI is InChI=1S/C14H20N2O/c1-3-16-12(5-4-8-15)9-11-6-7-13(17-2)10-14(11)16/h6-7,9-10H,3-5,8,15H2,1-2H3. The summed E-state index contributed by atoms with van der Waals surface area (Å²) < 4.78 is 7.62. The number of ether oxygens (including phenoxy) is 1. The minimum Gasteiger partial charge on any atom is -0.497 e. The number of rotatable bonds is 5. The van der Waals surface area contributed by atoms with Gasteiger partial charge in [-0.2, -0.15) is 0 Å². The lowest BCUT2D eigenvalue weighted by molar-refractivity contribution is 0.415. The molecule has 0 amide bonds. The molecule has 92 valence electrons. The van der Waals surface area contributed by atoms with E-state index in [1.165, 1.54) is 16.6 Å². The third kappa shape index (κ3) is 2.29. The first-order valence-electron chi connectivity index (χ1n) is 6.16. The number of hydrogen-bond donors (Lipinski definition) is 1. The highest BCUT2D eigenvalue weighted by Crippen LogP contribution is 2.25. The summed E-state index contributed by atoms with van der Waals surface area (Å²) >= 11 is 0. The molecule has 1 aromatic carbocycles. The lowest BCUT2D eigenvalue weighted by Gasteiger charge is -2.08. The quantitative estimate of drug-likeness (QED) is 0.860. The summed E-state index contributed by atoms with van der Waals surface area (Å²) in [6.07, 6.45) is 2.08. The molecule has 3 nitrogen and oxygen atoms in total. The Hall–Kier alpha value is -1.48. The first kappa shape index (κ1) is 12.0. The molecule has 0 radical (unpaired) electrons. The largest absolute Gasteiger partial charge is 0.497 e. The Morgan fingerprint density at radius 3 is 2.76 bits per heavy atom. The SMILES string of the molecule is CCn1c(CCCN)cc2ccc(OC)cc21. The number of nitrogens with zero attached hydrogens (tertiary/aromatic N) is 1. The fourth-order valence-corrected chi connectivity index (χ4v) is 2.28. The third-order valence-corrected chi connectivity index (χ3v) is 3.15. The second kappa shape index (κ2) is 5.23. The normalized spacial score (nSPS) is 11.0. The molecule has 0 aliphatic rings. The number of benzene rings is 1. The van der Waals surface area contributed by atoms with Crippen molar-refractivity contribution in [3.05, 3.63) is 30.0 Å². The lowest BCUT2D eigenvalue weighted by atomic mass is 10.2. The predicted octanol–water partition coefficient (Wildman–Crippen LogP) is 2.56. The molecule has 2 rings (SSSR count). The molecule has 0 saturated carbocycles. The van der Waals surface area contributed by atoms with Crippen LogP contribution in [0.25, 0.3) is 10.9 Å². The number of fused-ring (bicyclic) bond motifs is 1. The maximum atomic E-state index is 5.58. The summed E-state index contributed by atoms with van der Waals surface area (Å²) in [4.78, 5) is 0. The van der Waals surface area contributed by atoms with Crippen molar-refractivity contribution < 1.29 is 4.74 Å². The van der Waals surface area contributed by atoms with E-state index in [0.717, 1.165) is 31.7 Å². The van der Waals surface area contributed by atoms with Gasteiger partial charge in [0, 0.05) is 23.7 Å². The summed E-state index contributed by atoms with van der Waals surface area (Å²) in [6, 6.07) is 8.49. The predicted molar refractivity (Wildman–Crippen MR) is 71.5 cm³/mol. The first-order valence-corrected chi connectivity index (χ1v) is 6.16. The van der Waals surface area contributed by atoms with E-state index in [4.69, 9.17) is 10.5 Å². The zero-order chi connectivity index (χ0) is 12.3. The molecule has 1 heterocycles. The Kier molecular flexibility index (Phi) is 3.69. The van der Waals surface area contributed by atoms with E-state index in [1.54, 1.807) is 7.11 Å². The van der Waals surface area contributed by atoms with Gasteiger partial charge in [-0.1, -0.05) is 0 Å². The van der Waals surface area contributed by atoms with Gasteiger partial charge in [0.05, 0.1) is 12.6 Å². The molecule has 1 aromatic heterocycles. The van der Waals surface area contributed by atoms with Gasteiger partial charge in [0.15, 0.2) is 0 Å². The Morgan fingerprint density at radius 1 is 1.29 bits per heavy atom. The van der Waals surface area contributed by atoms with E-state index in [9.17, 15) is 0 Å². The molecular formula is C14H20N2O. The van der Waals surface area contributed by atoms with E-state index in [0.29, 0.717) is 0 Å². The number of nitrogens with two attached hydrogens (primary N) is 1. The number of aryl methyl sites for hydroxylation is 2. The molecule has 3 heteroatoms. The van der Waals surface area contributed by atoms with E-state index < -0.39 is 0 Å². The van der Waals surface area contributed by atoms with Crippen LogP contribution in [0.1, 0.15) is 19.0 Å². The van der Waals surface area contributed by atoms with Gasteiger partial charge >= 0.3 is 0 Å². The maximum Gasteiger partial charge on any atom is 0.120 e. The molecule has 0 spiro atoms. The first-order chi connectivity index (χ1) is 8.30. The van der Waals surface area contributed by atoms with Crippen molar-refractivity contribution in [2.45, 2.75) is 26.3 Å². The highest BCUT2D eigenvalue weighted by Gasteiger charge is 2.07. The van der Waals surface area contributed by atoms with Crippen LogP contribution < -0.4 is 10.5 Å². The molecule has 2 aromatic rings. The van der Waals surface area contributed by atoms with Gasteiger partial charge in [-0.3, -0.25) is 0 Å². The number of methoxy groups -OCH3 is 1. The van der Waals surface area contributed by atoms with Crippen molar-refractivity contribution in [1.29, 1.82) is 0 Å². The lowest BCUT2D eigenvalue weighted by Crippen LogP contribution is -2.05. The molecule has 0 bridgehead atoms. The van der Waals surface area contributed by atoms with Crippen LogP contribution in [-0.4, -0.2) is 18.2 Å². The van der Waals surface area contributed by atoms with Crippen molar-refractivity contribution in [3.63, 3.8) is 0 Å². The average Bonchev–Trinajstić information content (AvgIpc) is 2.72. The number of aromatic nitrogens is 1. The minimum absolute atomic E-state index is 0.745. The fraction of sp³-hybridized carbons (Fsp3) is 0.429. The van der Waals surface area contributed by atoms with Gasteiger partial charge in [-0.05, 0) is 44.5 Å². The topological polar surface area (TPSA) is 40.2 Å². The number of hydrogen-bond acceptors (Lipinski definition) is 2. The Labute approximate surface area is 102 Å². The van der Waals surface area contributed by atoms with Crippen LogP contribution >= 0.6 is 0 Å². The molecule has 0 fully saturated rings. The van der Waals surface area contributed by atoms with Crippen LogP contribution in [0, 0.1) is 0 Å². The summed E-state index contributed by atoms with van der Waals surface area (Å²) in [5.41, 5.74) is 8.19. The minimum atomic E-state index is 0.745. The second-order valence-corrected chi connectivity index (χ2v) is 4.20. The molecule has 0 aliphatic heterocycles. The zero-order valence-electron chi connectivity index (χ0n) is 10.6. The van der Waals surface area contributed by atoms with Gasteiger partial charge in [-0.15, -0.1) is 0 Å². The van der Waals surface area contributed by atoms with E-state index >= 15 is 0 Å². The smallest absolute Gasteiger partial charge is 0.120 e. The van der Waals surface area contributed by atoms with Gasteiger partial charge in [0.1, 0.15) is 5.75 Å². The Bertz CT molecular complexity index is 502. The monoisotopic (exact) mass is 232 g/mol. The van der Waals surface area contributed by atoms with Crippen LogP contribution in [-0.2, 0) is 13.0 Å². The van der Waals surface area contributed by atoms with Crippen molar-refractivity contribution >= 4 is 10.9 Å². The van der Waals surface area contributed by atoms with Gasteiger partial charge in [-0.25, -0.2) is 0 Å². The summed E-state index contributed by atoms with van der Waals surface area (Å²) in [6.45, 7) is 3.90. The second-order valence-electron chi connectivity index (χ2n) is 4.20. The van der Waals surface area contributed by atoms with Crippen LogP contribution in [0.15, 0.2) is 24.3 Å². The van der Waals surface area contributed by atoms with Gasteiger partial charge in [0.25, 0.3) is 0 Å². The van der Waals surface area contributed by atoms with Crippen LogP contribution in [0.3, 0.4) is 0 Å². The van der Waals surface area contributed by atoms with E-state index in [-0.39, 0.29) is 0 Å². The summed E-state index contributed by atoms with van der Waals surface area (Å²) in [5.74, 6) is 0.913. The molecular weight excluding hydrogens is 212 g/mol. The molecule has 2 N–H and O–H groups in total. The van der Waals surface area contributed by atoms with Crippen molar-refractivity contribution in [3.8, 4) is 5.75 Å². The van der Waals surface area contributed by atoms with Crippen molar-refractivity contribution in [2.24, 2.45) is 5.73 Å². The maximum absolute atomic E-state index is 5.58. The summed E-state index contributed by atoms with van der Waals surface area (Å²) in [7, 11) is 1.70. The van der Waals surface area contributed by atoms with Crippen LogP contribution in [0.4, 0.5) is 0 Å².